The van der Waals surface area contributed by atoms with Crippen molar-refractivity contribution in [3.05, 3.63) is 76.8 Å². The Kier molecular flexibility index (Phi) is 7.82. The summed E-state index contributed by atoms with van der Waals surface area (Å²) >= 11 is 2.18. The van der Waals surface area contributed by atoms with Gasteiger partial charge in [-0.05, 0) is 87.8 Å². The van der Waals surface area contributed by atoms with Gasteiger partial charge in [-0.1, -0.05) is 6.07 Å². The number of hydrogen-bond donors (Lipinski definition) is 2. The minimum atomic E-state index is -1.03. The third kappa shape index (κ3) is 5.34. The van der Waals surface area contributed by atoms with Crippen LogP contribution in [0.4, 0.5) is 5.69 Å². The smallest absolute Gasteiger partial charge is 0.275 e. The monoisotopic (exact) mass is 644 g/mol. The maximum Gasteiger partial charge on any atom is 0.275 e. The molecule has 3 heterocycles. The predicted octanol–water partition coefficient (Wildman–Crippen LogP) is 6.06. The van der Waals surface area contributed by atoms with E-state index in [1.54, 1.807) is 25.5 Å². The van der Waals surface area contributed by atoms with E-state index in [9.17, 15) is 9.90 Å². The lowest BCUT2D eigenvalue weighted by Gasteiger charge is -2.33. The number of aryl methyl sites for hydroxylation is 1. The lowest BCUT2D eigenvalue weighted by molar-refractivity contribution is 0.0786. The van der Waals surface area contributed by atoms with Crippen LogP contribution in [0.3, 0.4) is 0 Å². The number of nitrogens with one attached hydrogen (secondary N) is 1. The molecular weight excluding hydrogens is 611 g/mol. The number of ether oxygens (including phenoxy) is 1. The van der Waals surface area contributed by atoms with E-state index in [0.717, 1.165) is 53.8 Å². The van der Waals surface area contributed by atoms with Crippen LogP contribution in [0.1, 0.15) is 32.3 Å². The van der Waals surface area contributed by atoms with E-state index in [1.807, 2.05) is 52.8 Å². The molecule has 0 unspecified atom stereocenters. The number of aliphatic hydroxyl groups is 1. The van der Waals surface area contributed by atoms with Crippen LogP contribution in [0, 0.1) is 0 Å². The zero-order valence-corrected chi connectivity index (χ0v) is 25.0. The second kappa shape index (κ2) is 11.0. The lowest BCUT2D eigenvalue weighted by Crippen LogP contribution is -2.41. The molecule has 1 saturated heterocycles. The first-order valence-electron chi connectivity index (χ1n) is 12.8. The van der Waals surface area contributed by atoms with E-state index >= 15 is 0 Å². The van der Waals surface area contributed by atoms with Crippen LogP contribution < -0.4 is 20.5 Å². The average molecular weight is 645 g/mol. The number of aromatic nitrogens is 2. The zero-order chi connectivity index (χ0) is 27.0. The number of pyridine rings is 1. The fourth-order valence-electron chi connectivity index (χ4n) is 5.09. The van der Waals surface area contributed by atoms with Gasteiger partial charge in [0.25, 0.3) is 5.56 Å². The molecule has 1 fully saturated rings. The van der Waals surface area contributed by atoms with E-state index < -0.39 is 5.60 Å². The van der Waals surface area contributed by atoms with Gasteiger partial charge < -0.3 is 24.6 Å². The molecular formula is C29H33IN4O3S. The highest BCUT2D eigenvalue weighted by Crippen LogP contribution is 2.40. The molecule has 0 spiro atoms. The minimum Gasteiger partial charge on any atom is -0.457 e. The highest BCUT2D eigenvalue weighted by molar-refractivity contribution is 14.2. The summed E-state index contributed by atoms with van der Waals surface area (Å²) in [7, 11) is 5.37. The molecule has 0 aliphatic carbocycles. The number of hydrogen-bond acceptors (Lipinski definition) is 6. The summed E-state index contributed by atoms with van der Waals surface area (Å²) in [5.41, 5.74) is 3.15. The van der Waals surface area contributed by atoms with Gasteiger partial charge in [0.15, 0.2) is 0 Å². The molecule has 2 N–H and O–H groups in total. The van der Waals surface area contributed by atoms with Crippen LogP contribution in [-0.2, 0) is 12.6 Å². The van der Waals surface area contributed by atoms with Gasteiger partial charge in [0, 0.05) is 85.1 Å². The summed E-state index contributed by atoms with van der Waals surface area (Å²) in [4.78, 5) is 15.4. The summed E-state index contributed by atoms with van der Waals surface area (Å²) in [6.45, 7) is 5.64. The second-order valence-corrected chi connectivity index (χ2v) is 12.1. The number of benzene rings is 2. The van der Waals surface area contributed by atoms with Crippen LogP contribution in [0.25, 0.3) is 22.0 Å². The van der Waals surface area contributed by atoms with Gasteiger partial charge in [-0.25, -0.2) is 0 Å². The third-order valence-corrected chi connectivity index (χ3v) is 9.09. The molecule has 200 valence electrons. The van der Waals surface area contributed by atoms with E-state index in [0.29, 0.717) is 17.3 Å². The van der Waals surface area contributed by atoms with Crippen molar-refractivity contribution in [2.75, 3.05) is 25.0 Å². The number of rotatable bonds is 7. The summed E-state index contributed by atoms with van der Waals surface area (Å²) in [6.07, 6.45) is 6.03. The number of piperidine rings is 1. The topological polar surface area (TPSA) is 71.7 Å². The average Bonchev–Trinajstić information content (AvgIpc) is 3.35. The molecule has 2 aromatic heterocycles. The number of nitrogens with zero attached hydrogens (tertiary/aromatic N) is 3. The first-order chi connectivity index (χ1) is 18.2. The minimum absolute atomic E-state index is 0.0625. The summed E-state index contributed by atoms with van der Waals surface area (Å²) in [6, 6.07) is 16.5. The summed E-state index contributed by atoms with van der Waals surface area (Å²) < 4.78 is 9.93. The molecule has 1 aliphatic rings. The van der Waals surface area contributed by atoms with Gasteiger partial charge in [0.2, 0.25) is 0 Å². The molecule has 0 amide bonds. The molecule has 0 saturated carbocycles. The highest BCUT2D eigenvalue weighted by Gasteiger charge is 2.22. The van der Waals surface area contributed by atoms with Crippen molar-refractivity contribution < 1.29 is 9.84 Å². The van der Waals surface area contributed by atoms with Crippen LogP contribution in [0.15, 0.2) is 65.7 Å². The Balaban J connectivity index is 1.55. The van der Waals surface area contributed by atoms with Crippen LogP contribution in [0.2, 0.25) is 0 Å². The van der Waals surface area contributed by atoms with E-state index in [1.165, 1.54) is 14.8 Å². The Morgan fingerprint density at radius 2 is 1.82 bits per heavy atom. The second-order valence-electron chi connectivity index (χ2n) is 10.4. The fraction of sp³-hybridized carbons (Fsp3) is 0.345. The Morgan fingerprint density at radius 3 is 2.47 bits per heavy atom. The van der Waals surface area contributed by atoms with Crippen LogP contribution >= 0.6 is 30.3 Å². The van der Waals surface area contributed by atoms with Gasteiger partial charge in [-0.15, -0.1) is 0 Å². The highest BCUT2D eigenvalue weighted by atomic mass is 127. The molecule has 0 radical (unpaired) electrons. The first kappa shape index (κ1) is 27.1. The molecule has 2 aromatic carbocycles. The number of fused-ring (bicyclic) bond motifs is 1. The third-order valence-electron chi connectivity index (χ3n) is 7.37. The van der Waals surface area contributed by atoms with Crippen molar-refractivity contribution in [2.45, 2.75) is 38.3 Å². The van der Waals surface area contributed by atoms with Gasteiger partial charge in [-0.3, -0.25) is 8.77 Å². The molecule has 9 heteroatoms. The number of anilines is 1. The van der Waals surface area contributed by atoms with Crippen molar-refractivity contribution in [2.24, 2.45) is 7.05 Å². The van der Waals surface area contributed by atoms with Crippen LogP contribution in [-0.4, -0.2) is 39.8 Å². The van der Waals surface area contributed by atoms with Crippen molar-refractivity contribution in [3.8, 4) is 22.6 Å². The predicted molar refractivity (Wildman–Crippen MR) is 166 cm³/mol. The largest absolute Gasteiger partial charge is 0.457 e. The van der Waals surface area contributed by atoms with Gasteiger partial charge in [0.05, 0.1) is 5.60 Å². The van der Waals surface area contributed by atoms with E-state index in [-0.39, 0.29) is 5.56 Å². The van der Waals surface area contributed by atoms with Crippen molar-refractivity contribution in [3.63, 3.8) is 0 Å². The molecule has 0 bridgehead atoms. The standard InChI is InChI=1S/C29H33IN4O3S/c1-29(2,36)19-5-10-26(37-22-8-6-20(7-9-22)33(4)21-11-14-31-15-12-21)24(17-19)25-18-32(3)28(35)27-23(25)13-16-34(27)38-30/h5-10,13,16-18,21,31,36H,11-12,14-15H2,1-4H3. The number of halogens is 1. The molecule has 5 rings (SSSR count). The van der Waals surface area contributed by atoms with Crippen LogP contribution in [0.5, 0.6) is 11.5 Å². The summed E-state index contributed by atoms with van der Waals surface area (Å²) in [5, 5.41) is 15.0. The maximum absolute atomic E-state index is 13.0. The zero-order valence-electron chi connectivity index (χ0n) is 22.1. The molecule has 7 nitrogen and oxygen atoms in total. The normalized spacial score (nSPS) is 14.7. The van der Waals surface area contributed by atoms with Crippen molar-refractivity contribution >= 4 is 46.9 Å². The fourth-order valence-corrected chi connectivity index (χ4v) is 6.43. The van der Waals surface area contributed by atoms with Crippen molar-refractivity contribution in [1.29, 1.82) is 0 Å². The Hall–Kier alpha value is -2.47. The van der Waals surface area contributed by atoms with E-state index in [4.69, 9.17) is 4.74 Å². The van der Waals surface area contributed by atoms with Gasteiger partial charge >= 0.3 is 0 Å². The van der Waals surface area contributed by atoms with Crippen molar-refractivity contribution in [1.82, 2.24) is 13.9 Å². The Bertz CT molecular complexity index is 1500. The molecule has 0 atom stereocenters. The Labute approximate surface area is 239 Å². The molecule has 1 aliphatic heterocycles. The van der Waals surface area contributed by atoms with Gasteiger partial charge in [-0.2, -0.15) is 0 Å². The summed E-state index contributed by atoms with van der Waals surface area (Å²) in [5.74, 6) is 1.39. The molecule has 4 aromatic rings. The van der Waals surface area contributed by atoms with E-state index in [2.05, 4.69) is 50.6 Å². The Morgan fingerprint density at radius 1 is 1.11 bits per heavy atom. The molecule has 38 heavy (non-hydrogen) atoms. The SMILES string of the molecule is CN(c1ccc(Oc2ccc(C(C)(C)O)cc2-c2cn(C)c(=O)c3c2ccn3SI)cc1)C1CCNCC1. The van der Waals surface area contributed by atoms with Gasteiger partial charge in [0.1, 0.15) is 17.0 Å². The first-order valence-corrected chi connectivity index (χ1v) is 16.1. The maximum atomic E-state index is 13.0. The quantitative estimate of drug-likeness (QED) is 0.239. The lowest BCUT2D eigenvalue weighted by atomic mass is 9.93.